The molecule has 1 N–H and O–H groups in total. The molecule has 0 spiro atoms. The summed E-state index contributed by atoms with van der Waals surface area (Å²) in [5.74, 6) is 1.72. The van der Waals surface area contributed by atoms with Gasteiger partial charge in [0.1, 0.15) is 0 Å². The summed E-state index contributed by atoms with van der Waals surface area (Å²) in [6.45, 7) is 0.185. The first-order chi connectivity index (χ1) is 13.1. The number of carbonyl (C=O) groups excluding carboxylic acids is 3. The van der Waals surface area contributed by atoms with Crippen LogP contribution >= 0.6 is 23.5 Å². The molecule has 144 valence electrons. The summed E-state index contributed by atoms with van der Waals surface area (Å²) >= 11 is 3.86. The number of carbonyl (C=O) groups is 3. The van der Waals surface area contributed by atoms with Crippen molar-refractivity contribution in [2.24, 2.45) is 11.8 Å². The first kappa shape index (κ1) is 18.9. The van der Waals surface area contributed by atoms with E-state index >= 15 is 0 Å². The molecule has 2 unspecified atom stereocenters. The Morgan fingerprint density at radius 2 is 1.74 bits per heavy atom. The number of benzene rings is 1. The fourth-order valence-corrected chi connectivity index (χ4v) is 7.04. The van der Waals surface area contributed by atoms with Gasteiger partial charge in [0.15, 0.2) is 0 Å². The van der Waals surface area contributed by atoms with Crippen LogP contribution in [0.1, 0.15) is 42.2 Å². The van der Waals surface area contributed by atoms with Gasteiger partial charge in [-0.2, -0.15) is 0 Å². The van der Waals surface area contributed by atoms with Gasteiger partial charge in [0.05, 0.1) is 16.4 Å². The maximum absolute atomic E-state index is 12.5. The Balaban J connectivity index is 1.33. The predicted octanol–water partition coefficient (Wildman–Crippen LogP) is 3.67. The Hall–Kier alpha value is -1.47. The number of amides is 3. The van der Waals surface area contributed by atoms with Crippen LogP contribution in [-0.4, -0.2) is 40.7 Å². The highest BCUT2D eigenvalue weighted by Crippen LogP contribution is 2.45. The number of rotatable bonds is 5. The minimum Gasteiger partial charge on any atom is -0.326 e. The molecular weight excluding hydrogens is 380 g/mol. The van der Waals surface area contributed by atoms with E-state index in [0.29, 0.717) is 4.58 Å². The van der Waals surface area contributed by atoms with Crippen molar-refractivity contribution in [2.75, 3.05) is 23.4 Å². The van der Waals surface area contributed by atoms with Crippen LogP contribution in [0.4, 0.5) is 5.69 Å². The van der Waals surface area contributed by atoms with Crippen LogP contribution in [0.25, 0.3) is 0 Å². The Morgan fingerprint density at radius 3 is 2.41 bits per heavy atom. The molecule has 0 aromatic heterocycles. The fourth-order valence-electron chi connectivity index (χ4n) is 4.20. The Kier molecular flexibility index (Phi) is 5.78. The van der Waals surface area contributed by atoms with E-state index in [1.54, 1.807) is 0 Å². The average molecular weight is 405 g/mol. The normalized spacial score (nSPS) is 25.7. The first-order valence-electron chi connectivity index (χ1n) is 9.62. The van der Waals surface area contributed by atoms with Crippen molar-refractivity contribution in [2.45, 2.75) is 36.7 Å². The van der Waals surface area contributed by atoms with Gasteiger partial charge in [-0.1, -0.05) is 25.0 Å². The number of thioether (sulfide) groups is 2. The van der Waals surface area contributed by atoms with Gasteiger partial charge in [-0.3, -0.25) is 19.3 Å². The highest BCUT2D eigenvalue weighted by Gasteiger charge is 2.47. The zero-order valence-corrected chi connectivity index (χ0v) is 16.8. The number of hydrogen-bond acceptors (Lipinski definition) is 5. The highest BCUT2D eigenvalue weighted by atomic mass is 32.2. The third-order valence-corrected chi connectivity index (χ3v) is 8.66. The van der Waals surface area contributed by atoms with Crippen LogP contribution in [0.15, 0.2) is 24.3 Å². The van der Waals surface area contributed by atoms with Gasteiger partial charge in [-0.05, 0) is 30.5 Å². The van der Waals surface area contributed by atoms with Gasteiger partial charge in [-0.25, -0.2) is 0 Å². The van der Waals surface area contributed by atoms with Gasteiger partial charge < -0.3 is 5.32 Å². The van der Waals surface area contributed by atoms with Crippen molar-refractivity contribution >= 4 is 46.9 Å². The second kappa shape index (κ2) is 8.27. The standard InChI is InChI=1S/C20H24N2O3S2/c23-17(21-14-5-3-4-13(12-14)20-26-10-11-27-20)8-9-22-18(24)15-6-1-2-7-16(15)19(22)25/h3-5,12,15-16,20H,1-2,6-11H2,(H,21,23). The van der Waals surface area contributed by atoms with Crippen LogP contribution < -0.4 is 5.32 Å². The number of nitrogens with zero attached hydrogens (tertiary/aromatic N) is 1. The topological polar surface area (TPSA) is 66.5 Å². The highest BCUT2D eigenvalue weighted by molar-refractivity contribution is 8.19. The van der Waals surface area contributed by atoms with Crippen LogP contribution in [-0.2, 0) is 14.4 Å². The number of nitrogens with one attached hydrogen (secondary N) is 1. The largest absolute Gasteiger partial charge is 0.326 e. The lowest BCUT2D eigenvalue weighted by Crippen LogP contribution is -2.34. The minimum absolute atomic E-state index is 0.0743. The summed E-state index contributed by atoms with van der Waals surface area (Å²) in [4.78, 5) is 38.6. The molecule has 2 saturated heterocycles. The van der Waals surface area contributed by atoms with Crippen LogP contribution in [0.2, 0.25) is 0 Å². The molecule has 0 bridgehead atoms. The van der Waals surface area contributed by atoms with Gasteiger partial charge in [0.2, 0.25) is 17.7 Å². The molecule has 7 heteroatoms. The van der Waals surface area contributed by atoms with E-state index in [1.165, 1.54) is 10.5 Å². The van der Waals surface area contributed by atoms with E-state index in [1.807, 2.05) is 41.7 Å². The van der Waals surface area contributed by atoms with Crippen molar-refractivity contribution in [3.63, 3.8) is 0 Å². The van der Waals surface area contributed by atoms with Crippen molar-refractivity contribution in [3.05, 3.63) is 29.8 Å². The van der Waals surface area contributed by atoms with E-state index in [2.05, 4.69) is 11.4 Å². The molecule has 27 heavy (non-hydrogen) atoms. The first-order valence-corrected chi connectivity index (χ1v) is 11.7. The summed E-state index contributed by atoms with van der Waals surface area (Å²) in [5.41, 5.74) is 1.99. The zero-order chi connectivity index (χ0) is 18.8. The Bertz CT molecular complexity index is 724. The van der Waals surface area contributed by atoms with Crippen molar-refractivity contribution in [1.82, 2.24) is 4.90 Å². The Labute approximate surface area is 168 Å². The summed E-state index contributed by atoms with van der Waals surface area (Å²) < 4.78 is 0.435. The average Bonchev–Trinajstić information content (AvgIpc) is 3.29. The summed E-state index contributed by atoms with van der Waals surface area (Å²) in [5, 5.41) is 2.92. The minimum atomic E-state index is -0.158. The fraction of sp³-hybridized carbons (Fsp3) is 0.550. The molecule has 0 radical (unpaired) electrons. The van der Waals surface area contributed by atoms with Gasteiger partial charge in [-0.15, -0.1) is 23.5 Å². The molecular formula is C20H24N2O3S2. The van der Waals surface area contributed by atoms with E-state index < -0.39 is 0 Å². The quantitative estimate of drug-likeness (QED) is 0.759. The zero-order valence-electron chi connectivity index (χ0n) is 15.2. The molecule has 3 aliphatic rings. The summed E-state index contributed by atoms with van der Waals surface area (Å²) in [6, 6.07) is 7.96. The number of hydrogen-bond donors (Lipinski definition) is 1. The molecule has 3 fully saturated rings. The second-order valence-corrected chi connectivity index (χ2v) is 10.0. The molecule has 2 aliphatic heterocycles. The number of imide groups is 1. The van der Waals surface area contributed by atoms with Gasteiger partial charge in [0.25, 0.3) is 0 Å². The van der Waals surface area contributed by atoms with Crippen molar-refractivity contribution in [1.29, 1.82) is 0 Å². The lowest BCUT2D eigenvalue weighted by molar-refractivity contribution is -0.140. The third kappa shape index (κ3) is 4.04. The summed E-state index contributed by atoms with van der Waals surface area (Å²) in [7, 11) is 0. The van der Waals surface area contributed by atoms with Crippen LogP contribution in [0.3, 0.4) is 0 Å². The number of likely N-dealkylation sites (tertiary alicyclic amines) is 1. The molecule has 1 aromatic carbocycles. The molecule has 3 amide bonds. The van der Waals surface area contributed by atoms with E-state index in [9.17, 15) is 14.4 Å². The summed E-state index contributed by atoms with van der Waals surface area (Å²) in [6.07, 6.45) is 3.79. The van der Waals surface area contributed by atoms with Crippen molar-refractivity contribution < 1.29 is 14.4 Å². The maximum atomic E-state index is 12.5. The van der Waals surface area contributed by atoms with E-state index in [0.717, 1.165) is 42.9 Å². The smallest absolute Gasteiger partial charge is 0.233 e. The molecule has 5 nitrogen and oxygen atoms in total. The van der Waals surface area contributed by atoms with E-state index in [-0.39, 0.29) is 42.5 Å². The molecule has 1 saturated carbocycles. The predicted molar refractivity (Wildman–Crippen MR) is 110 cm³/mol. The number of anilines is 1. The van der Waals surface area contributed by atoms with Gasteiger partial charge in [0, 0.05) is 30.2 Å². The molecule has 1 aromatic rings. The molecule has 4 rings (SSSR count). The van der Waals surface area contributed by atoms with Crippen molar-refractivity contribution in [3.8, 4) is 0 Å². The van der Waals surface area contributed by atoms with Crippen LogP contribution in [0, 0.1) is 11.8 Å². The van der Waals surface area contributed by atoms with E-state index in [4.69, 9.17) is 0 Å². The molecule has 2 atom stereocenters. The van der Waals surface area contributed by atoms with Crippen LogP contribution in [0.5, 0.6) is 0 Å². The Morgan fingerprint density at radius 1 is 1.07 bits per heavy atom. The lowest BCUT2D eigenvalue weighted by atomic mass is 9.81. The monoisotopic (exact) mass is 404 g/mol. The SMILES string of the molecule is O=C(CCN1C(=O)C2CCCCC2C1=O)Nc1cccc(C2SCCS2)c1. The second-order valence-electron chi connectivity index (χ2n) is 7.32. The number of fused-ring (bicyclic) bond motifs is 1. The maximum Gasteiger partial charge on any atom is 0.233 e. The lowest BCUT2D eigenvalue weighted by Gasteiger charge is -2.19. The molecule has 2 heterocycles. The third-order valence-electron chi connectivity index (χ3n) is 5.56. The molecule has 1 aliphatic carbocycles. The van der Waals surface area contributed by atoms with Gasteiger partial charge >= 0.3 is 0 Å².